The molecule has 4 atom stereocenters. The van der Waals surface area contributed by atoms with Gasteiger partial charge in [-0.2, -0.15) is 5.26 Å². The first-order valence-electron chi connectivity index (χ1n) is 13.6. The van der Waals surface area contributed by atoms with Gasteiger partial charge in [-0.3, -0.25) is 4.79 Å². The molecule has 206 valence electrons. The van der Waals surface area contributed by atoms with Gasteiger partial charge in [0, 0.05) is 5.56 Å². The van der Waals surface area contributed by atoms with Crippen molar-refractivity contribution in [2.45, 2.75) is 72.5 Å². The highest BCUT2D eigenvalue weighted by molar-refractivity contribution is 5.97. The second-order valence-electron chi connectivity index (χ2n) is 11.8. The lowest BCUT2D eigenvalue weighted by atomic mass is 9.75. The summed E-state index contributed by atoms with van der Waals surface area (Å²) in [6, 6.07) is 7.03. The number of esters is 2. The molecule has 39 heavy (non-hydrogen) atoms. The number of nitriles is 1. The predicted molar refractivity (Wildman–Crippen MR) is 142 cm³/mol. The maximum atomic E-state index is 13.6. The van der Waals surface area contributed by atoms with Gasteiger partial charge in [-0.25, -0.2) is 4.79 Å². The van der Waals surface area contributed by atoms with E-state index in [1.54, 1.807) is 25.1 Å². The molecule has 0 aromatic heterocycles. The minimum atomic E-state index is -0.859. The Morgan fingerprint density at radius 1 is 1.31 bits per heavy atom. The number of hydrogen-bond acceptors (Lipinski definition) is 8. The molecule has 1 heterocycles. The number of benzene rings is 2. The Balaban J connectivity index is 1.59. The molecule has 8 heteroatoms. The van der Waals surface area contributed by atoms with E-state index in [2.05, 4.69) is 6.07 Å². The predicted octanol–water partition coefficient (Wildman–Crippen LogP) is 6.15. The molecule has 2 aromatic rings. The molecule has 2 saturated carbocycles. The van der Waals surface area contributed by atoms with Crippen molar-refractivity contribution < 1.29 is 33.6 Å². The Morgan fingerprint density at radius 3 is 2.69 bits per heavy atom. The molecule has 5 rings (SSSR count). The van der Waals surface area contributed by atoms with Gasteiger partial charge in [-0.05, 0) is 81.0 Å². The Kier molecular flexibility index (Phi) is 7.06. The third kappa shape index (κ3) is 4.63. The quantitative estimate of drug-likeness (QED) is 0.347. The first kappa shape index (κ1) is 27.0. The van der Waals surface area contributed by atoms with Crippen LogP contribution in [0.3, 0.4) is 0 Å². The summed E-state index contributed by atoms with van der Waals surface area (Å²) in [4.78, 5) is 26.8. The normalized spacial score (nSPS) is 24.0. The lowest BCUT2D eigenvalue weighted by Gasteiger charge is -2.32. The lowest BCUT2D eigenvalue weighted by Crippen LogP contribution is -2.37. The van der Waals surface area contributed by atoms with E-state index >= 15 is 0 Å². The van der Waals surface area contributed by atoms with Crippen molar-refractivity contribution in [3.05, 3.63) is 46.0 Å². The number of hydrogen-bond donors (Lipinski definition) is 1. The third-order valence-corrected chi connectivity index (χ3v) is 8.65. The summed E-state index contributed by atoms with van der Waals surface area (Å²) < 4.78 is 23.6. The number of nitrogens with zero attached hydrogens (tertiary/aromatic N) is 1. The number of fused-ring (bicyclic) bond motifs is 4. The van der Waals surface area contributed by atoms with Crippen molar-refractivity contribution in [2.75, 3.05) is 7.11 Å². The Morgan fingerprint density at radius 2 is 2.08 bits per heavy atom. The fourth-order valence-corrected chi connectivity index (χ4v) is 6.62. The SMILES string of the molecule is COc1c([C@@H](O)CC(C)C)ccc2c1C(=O)OCc1c(C#N)c(C)cc(OC(=O)C3(C)CC4CCC3C4)c1O2. The summed E-state index contributed by atoms with van der Waals surface area (Å²) in [5, 5.41) is 20.7. The van der Waals surface area contributed by atoms with Gasteiger partial charge in [0.2, 0.25) is 0 Å². The summed E-state index contributed by atoms with van der Waals surface area (Å²) in [5.74, 6) is 0.654. The summed E-state index contributed by atoms with van der Waals surface area (Å²) >= 11 is 0. The maximum absolute atomic E-state index is 13.6. The summed E-state index contributed by atoms with van der Waals surface area (Å²) in [7, 11) is 1.42. The van der Waals surface area contributed by atoms with Crippen LogP contribution >= 0.6 is 0 Å². The van der Waals surface area contributed by atoms with Crippen LogP contribution in [0.2, 0.25) is 0 Å². The van der Waals surface area contributed by atoms with E-state index in [9.17, 15) is 20.0 Å². The van der Waals surface area contributed by atoms with Crippen molar-refractivity contribution in [1.29, 1.82) is 5.26 Å². The number of carbonyl (C=O) groups is 2. The molecule has 2 fully saturated rings. The maximum Gasteiger partial charge on any atom is 0.346 e. The van der Waals surface area contributed by atoms with E-state index in [1.807, 2.05) is 20.8 Å². The number of ether oxygens (including phenoxy) is 4. The molecular weight excluding hydrogens is 498 g/mol. The van der Waals surface area contributed by atoms with Gasteiger partial charge in [0.15, 0.2) is 11.5 Å². The molecule has 8 nitrogen and oxygen atoms in total. The van der Waals surface area contributed by atoms with Gasteiger partial charge in [0.05, 0.1) is 35.8 Å². The highest BCUT2D eigenvalue weighted by Gasteiger charge is 2.53. The van der Waals surface area contributed by atoms with E-state index in [4.69, 9.17) is 18.9 Å². The molecule has 3 aliphatic rings. The van der Waals surface area contributed by atoms with Crippen LogP contribution in [-0.4, -0.2) is 24.2 Å². The number of aryl methyl sites for hydroxylation is 1. The van der Waals surface area contributed by atoms with Gasteiger partial charge in [-0.15, -0.1) is 0 Å². The van der Waals surface area contributed by atoms with Gasteiger partial charge in [0.25, 0.3) is 0 Å². The van der Waals surface area contributed by atoms with Crippen molar-refractivity contribution in [1.82, 2.24) is 0 Å². The topological polar surface area (TPSA) is 115 Å². The molecule has 1 N–H and O–H groups in total. The van der Waals surface area contributed by atoms with Crippen molar-refractivity contribution in [2.24, 2.45) is 23.2 Å². The molecule has 0 amide bonds. The second-order valence-corrected chi connectivity index (χ2v) is 11.8. The standard InChI is InChI=1S/C31H35NO7/c1-16(2)10-23(33)20-8-9-24-26(28(20)36-5)29(34)37-15-22-21(14-32)17(3)11-25(27(22)38-24)39-30(35)31(4)13-18-6-7-19(31)12-18/h8-9,11,16,18-19,23,33H,6-7,10,12-13,15H2,1-5H3/t18?,19?,23-,31?/m0/s1. The lowest BCUT2D eigenvalue weighted by molar-refractivity contribution is -0.148. The molecule has 0 saturated heterocycles. The zero-order valence-corrected chi connectivity index (χ0v) is 23.1. The highest BCUT2D eigenvalue weighted by atomic mass is 16.6. The van der Waals surface area contributed by atoms with Crippen molar-refractivity contribution in [3.8, 4) is 29.1 Å². The first-order valence-corrected chi connectivity index (χ1v) is 13.6. The van der Waals surface area contributed by atoms with E-state index in [-0.39, 0.29) is 47.1 Å². The van der Waals surface area contributed by atoms with E-state index in [0.717, 1.165) is 25.7 Å². The molecule has 0 spiro atoms. The van der Waals surface area contributed by atoms with Gasteiger partial charge >= 0.3 is 11.9 Å². The number of carbonyl (C=O) groups excluding carboxylic acids is 2. The van der Waals surface area contributed by atoms with Crippen LogP contribution in [0.5, 0.6) is 23.0 Å². The molecule has 2 bridgehead atoms. The number of methoxy groups -OCH3 is 1. The molecule has 3 unspecified atom stereocenters. The smallest absolute Gasteiger partial charge is 0.346 e. The summed E-state index contributed by atoms with van der Waals surface area (Å²) in [6.07, 6.45) is 3.63. The van der Waals surface area contributed by atoms with Gasteiger partial charge in [-0.1, -0.05) is 20.3 Å². The molecule has 0 radical (unpaired) electrons. The fourth-order valence-electron chi connectivity index (χ4n) is 6.62. The van der Waals surface area contributed by atoms with Crippen LogP contribution in [0.1, 0.15) is 91.6 Å². The average molecular weight is 534 g/mol. The Labute approximate surface area is 228 Å². The van der Waals surface area contributed by atoms with Crippen LogP contribution in [-0.2, 0) is 16.1 Å². The van der Waals surface area contributed by atoms with E-state index < -0.39 is 17.5 Å². The summed E-state index contributed by atoms with van der Waals surface area (Å²) in [5.41, 5.74) is 1.11. The Bertz CT molecular complexity index is 1370. The second kappa shape index (κ2) is 10.2. The number of cyclic esters (lactones) is 1. The van der Waals surface area contributed by atoms with Crippen LogP contribution in [0.15, 0.2) is 18.2 Å². The average Bonchev–Trinajstić information content (AvgIpc) is 3.48. The van der Waals surface area contributed by atoms with Gasteiger partial charge < -0.3 is 24.1 Å². The minimum Gasteiger partial charge on any atom is -0.495 e. The van der Waals surface area contributed by atoms with Crippen molar-refractivity contribution >= 4 is 11.9 Å². The Hall–Kier alpha value is -3.57. The number of rotatable bonds is 6. The van der Waals surface area contributed by atoms with E-state index in [1.165, 1.54) is 7.11 Å². The minimum absolute atomic E-state index is 0.0277. The highest BCUT2D eigenvalue weighted by Crippen LogP contribution is 2.56. The van der Waals surface area contributed by atoms with E-state index in [0.29, 0.717) is 40.5 Å². The van der Waals surface area contributed by atoms with Crippen LogP contribution in [0.4, 0.5) is 0 Å². The summed E-state index contributed by atoms with van der Waals surface area (Å²) in [6.45, 7) is 7.45. The third-order valence-electron chi connectivity index (χ3n) is 8.65. The van der Waals surface area contributed by atoms with Crippen molar-refractivity contribution in [3.63, 3.8) is 0 Å². The fraction of sp³-hybridized carbons (Fsp3) is 0.516. The molecule has 2 aliphatic carbocycles. The monoisotopic (exact) mass is 533 g/mol. The first-order chi connectivity index (χ1) is 18.6. The van der Waals surface area contributed by atoms with Gasteiger partial charge in [0.1, 0.15) is 23.7 Å². The zero-order valence-electron chi connectivity index (χ0n) is 23.1. The van der Waals surface area contributed by atoms with Crippen LogP contribution in [0, 0.1) is 41.4 Å². The van der Waals surface area contributed by atoms with Crippen LogP contribution in [0.25, 0.3) is 0 Å². The molecule has 1 aliphatic heterocycles. The molecule has 2 aromatic carbocycles. The number of aliphatic hydroxyl groups is 1. The molecular formula is C31H35NO7. The number of aliphatic hydroxyl groups excluding tert-OH is 1. The largest absolute Gasteiger partial charge is 0.495 e. The van der Waals surface area contributed by atoms with Crippen LogP contribution < -0.4 is 14.2 Å². The zero-order chi connectivity index (χ0) is 28.1.